The summed E-state index contributed by atoms with van der Waals surface area (Å²) in [6.45, 7) is 2.72. The first-order valence-electron chi connectivity index (χ1n) is 7.39. The number of carboxylic acid groups (broad SMARTS) is 1. The molecule has 0 spiro atoms. The molecule has 0 saturated carbocycles. The number of benzene rings is 1. The molecule has 1 heterocycles. The summed E-state index contributed by atoms with van der Waals surface area (Å²) in [6.07, 6.45) is 1.62. The van der Waals surface area contributed by atoms with Crippen molar-refractivity contribution in [2.24, 2.45) is 5.92 Å². The van der Waals surface area contributed by atoms with Crippen LogP contribution in [-0.2, 0) is 9.59 Å². The highest BCUT2D eigenvalue weighted by atomic mass is 79.9. The molecule has 0 aromatic heterocycles. The fourth-order valence-corrected chi connectivity index (χ4v) is 3.16. The topological polar surface area (TPSA) is 66.8 Å². The van der Waals surface area contributed by atoms with E-state index in [1.165, 1.54) is 0 Å². The molecule has 1 aromatic carbocycles. The summed E-state index contributed by atoms with van der Waals surface area (Å²) in [5.41, 5.74) is 0. The van der Waals surface area contributed by atoms with E-state index in [-0.39, 0.29) is 25.0 Å². The van der Waals surface area contributed by atoms with Crippen LogP contribution in [0.3, 0.4) is 0 Å². The number of carbonyl (C=O) groups excluding carboxylic acids is 1. The van der Waals surface area contributed by atoms with Crippen LogP contribution in [0.2, 0.25) is 0 Å². The Kier molecular flexibility index (Phi) is 5.83. The smallest absolute Gasteiger partial charge is 0.308 e. The lowest BCUT2D eigenvalue weighted by Crippen LogP contribution is -2.49. The van der Waals surface area contributed by atoms with E-state index in [0.717, 1.165) is 10.9 Å². The third-order valence-corrected chi connectivity index (χ3v) is 4.50. The van der Waals surface area contributed by atoms with Crippen LogP contribution in [0.4, 0.5) is 0 Å². The molecule has 1 aliphatic heterocycles. The zero-order valence-electron chi connectivity index (χ0n) is 12.5. The van der Waals surface area contributed by atoms with Gasteiger partial charge in [0.1, 0.15) is 5.75 Å². The Balaban J connectivity index is 1.85. The average molecular weight is 370 g/mol. The highest BCUT2D eigenvalue weighted by molar-refractivity contribution is 9.10. The Morgan fingerprint density at radius 3 is 2.91 bits per heavy atom. The van der Waals surface area contributed by atoms with Gasteiger partial charge in [-0.3, -0.25) is 9.59 Å². The van der Waals surface area contributed by atoms with Crippen LogP contribution in [0.15, 0.2) is 28.7 Å². The second-order valence-corrected chi connectivity index (χ2v) is 6.39. The van der Waals surface area contributed by atoms with Gasteiger partial charge in [-0.1, -0.05) is 22.0 Å². The maximum atomic E-state index is 12.3. The van der Waals surface area contributed by atoms with Gasteiger partial charge in [0.25, 0.3) is 0 Å². The van der Waals surface area contributed by atoms with Crippen molar-refractivity contribution in [2.45, 2.75) is 32.2 Å². The van der Waals surface area contributed by atoms with Crippen LogP contribution >= 0.6 is 15.9 Å². The van der Waals surface area contributed by atoms with Gasteiger partial charge in [0.05, 0.1) is 18.9 Å². The number of rotatable bonds is 5. The highest BCUT2D eigenvalue weighted by Gasteiger charge is 2.34. The zero-order valence-corrected chi connectivity index (χ0v) is 14.1. The first-order valence-corrected chi connectivity index (χ1v) is 8.19. The number of carboxylic acids is 1. The molecule has 0 aliphatic carbocycles. The normalized spacial score (nSPS) is 21.5. The van der Waals surface area contributed by atoms with E-state index in [1.807, 2.05) is 31.2 Å². The van der Waals surface area contributed by atoms with Gasteiger partial charge >= 0.3 is 5.97 Å². The van der Waals surface area contributed by atoms with Crippen molar-refractivity contribution in [2.75, 3.05) is 13.2 Å². The van der Waals surface area contributed by atoms with Crippen LogP contribution in [-0.4, -0.2) is 41.1 Å². The van der Waals surface area contributed by atoms with Crippen LogP contribution in [0.25, 0.3) is 0 Å². The number of hydrogen-bond acceptors (Lipinski definition) is 3. The molecule has 0 unspecified atom stereocenters. The second kappa shape index (κ2) is 7.63. The number of piperidine rings is 1. The Morgan fingerprint density at radius 2 is 2.23 bits per heavy atom. The SMILES string of the molecule is C[C@@H]1[C@H](C(=O)O)CCCN1C(=O)CCOc1cccc(Br)c1. The van der Waals surface area contributed by atoms with Gasteiger partial charge in [-0.15, -0.1) is 0 Å². The van der Waals surface area contributed by atoms with Crippen molar-refractivity contribution in [3.63, 3.8) is 0 Å². The molecule has 120 valence electrons. The third kappa shape index (κ3) is 4.22. The van der Waals surface area contributed by atoms with E-state index in [4.69, 9.17) is 4.74 Å². The summed E-state index contributed by atoms with van der Waals surface area (Å²) < 4.78 is 6.49. The summed E-state index contributed by atoms with van der Waals surface area (Å²) >= 11 is 3.36. The molecule has 2 rings (SSSR count). The number of amides is 1. The lowest BCUT2D eigenvalue weighted by atomic mass is 9.90. The second-order valence-electron chi connectivity index (χ2n) is 5.47. The lowest BCUT2D eigenvalue weighted by molar-refractivity contribution is -0.149. The molecule has 1 amide bonds. The lowest BCUT2D eigenvalue weighted by Gasteiger charge is -2.37. The van der Waals surface area contributed by atoms with E-state index in [0.29, 0.717) is 18.7 Å². The van der Waals surface area contributed by atoms with Gasteiger partial charge in [-0.2, -0.15) is 0 Å². The Hall–Kier alpha value is -1.56. The number of likely N-dealkylation sites (tertiary alicyclic amines) is 1. The minimum absolute atomic E-state index is 0.0477. The van der Waals surface area contributed by atoms with Crippen LogP contribution in [0.1, 0.15) is 26.2 Å². The Morgan fingerprint density at radius 1 is 1.45 bits per heavy atom. The van der Waals surface area contributed by atoms with Crippen molar-refractivity contribution in [3.05, 3.63) is 28.7 Å². The molecular weight excluding hydrogens is 350 g/mol. The molecule has 1 saturated heterocycles. The quantitative estimate of drug-likeness (QED) is 0.866. The van der Waals surface area contributed by atoms with Gasteiger partial charge in [0.15, 0.2) is 0 Å². The van der Waals surface area contributed by atoms with Gasteiger partial charge < -0.3 is 14.7 Å². The minimum atomic E-state index is -0.824. The molecule has 0 radical (unpaired) electrons. The fourth-order valence-electron chi connectivity index (χ4n) is 2.78. The predicted molar refractivity (Wildman–Crippen MR) is 85.8 cm³/mol. The first-order chi connectivity index (χ1) is 10.5. The number of carbonyl (C=O) groups is 2. The summed E-state index contributed by atoms with van der Waals surface area (Å²) in [4.78, 5) is 25.1. The van der Waals surface area contributed by atoms with E-state index < -0.39 is 11.9 Å². The number of hydrogen-bond donors (Lipinski definition) is 1. The molecule has 1 fully saturated rings. The predicted octanol–water partition coefficient (Wildman–Crippen LogP) is 2.93. The number of ether oxygens (including phenoxy) is 1. The van der Waals surface area contributed by atoms with Crippen molar-refractivity contribution >= 4 is 27.8 Å². The number of halogens is 1. The Labute approximate surface area is 138 Å². The molecule has 22 heavy (non-hydrogen) atoms. The molecule has 2 atom stereocenters. The van der Waals surface area contributed by atoms with Crippen molar-refractivity contribution < 1.29 is 19.4 Å². The molecule has 1 N–H and O–H groups in total. The van der Waals surface area contributed by atoms with Gasteiger partial charge in [-0.25, -0.2) is 0 Å². The van der Waals surface area contributed by atoms with E-state index >= 15 is 0 Å². The van der Waals surface area contributed by atoms with E-state index in [2.05, 4.69) is 15.9 Å². The van der Waals surface area contributed by atoms with E-state index in [1.54, 1.807) is 4.90 Å². The van der Waals surface area contributed by atoms with Crippen molar-refractivity contribution in [3.8, 4) is 5.75 Å². The minimum Gasteiger partial charge on any atom is -0.493 e. The average Bonchev–Trinajstić information content (AvgIpc) is 2.47. The third-order valence-electron chi connectivity index (χ3n) is 4.01. The number of aliphatic carboxylic acids is 1. The monoisotopic (exact) mass is 369 g/mol. The summed E-state index contributed by atoms with van der Waals surface area (Å²) in [5.74, 6) is -0.634. The molecule has 1 aliphatic rings. The van der Waals surface area contributed by atoms with Gasteiger partial charge in [0.2, 0.25) is 5.91 Å². The van der Waals surface area contributed by atoms with Crippen LogP contribution < -0.4 is 4.74 Å². The first kappa shape index (κ1) is 16.8. The highest BCUT2D eigenvalue weighted by Crippen LogP contribution is 2.24. The molecule has 0 bridgehead atoms. The van der Waals surface area contributed by atoms with Gasteiger partial charge in [-0.05, 0) is 38.0 Å². The van der Waals surface area contributed by atoms with E-state index in [9.17, 15) is 14.7 Å². The zero-order chi connectivity index (χ0) is 16.1. The fraction of sp³-hybridized carbons (Fsp3) is 0.500. The molecule has 5 nitrogen and oxygen atoms in total. The summed E-state index contributed by atoms with van der Waals surface area (Å²) in [7, 11) is 0. The molecule has 6 heteroatoms. The molecule has 1 aromatic rings. The Bertz CT molecular complexity index is 549. The summed E-state index contributed by atoms with van der Waals surface area (Å²) in [6, 6.07) is 7.18. The summed E-state index contributed by atoms with van der Waals surface area (Å²) in [5, 5.41) is 9.19. The maximum absolute atomic E-state index is 12.3. The number of nitrogens with zero attached hydrogens (tertiary/aromatic N) is 1. The maximum Gasteiger partial charge on any atom is 0.308 e. The standard InChI is InChI=1S/C16H20BrNO4/c1-11-14(16(20)21)6-3-8-18(11)15(19)7-9-22-13-5-2-4-12(17)10-13/h2,4-5,10-11,14H,3,6-9H2,1H3,(H,20,21)/t11-,14-/m1/s1. The molecular formula is C16H20BrNO4. The van der Waals surface area contributed by atoms with Crippen LogP contribution in [0.5, 0.6) is 5.75 Å². The van der Waals surface area contributed by atoms with Gasteiger partial charge in [0, 0.05) is 17.1 Å². The van der Waals surface area contributed by atoms with Crippen LogP contribution in [0, 0.1) is 5.92 Å². The van der Waals surface area contributed by atoms with Crippen molar-refractivity contribution in [1.29, 1.82) is 0 Å². The van der Waals surface area contributed by atoms with Crippen molar-refractivity contribution in [1.82, 2.24) is 4.90 Å². The largest absolute Gasteiger partial charge is 0.493 e.